The van der Waals surface area contributed by atoms with Gasteiger partial charge in [0, 0.05) is 12.7 Å². The van der Waals surface area contributed by atoms with Crippen molar-refractivity contribution in [1.82, 2.24) is 14.8 Å². The van der Waals surface area contributed by atoms with Gasteiger partial charge in [0.15, 0.2) is 0 Å². The van der Waals surface area contributed by atoms with Crippen molar-refractivity contribution in [3.63, 3.8) is 0 Å². The van der Waals surface area contributed by atoms with E-state index in [2.05, 4.69) is 10.1 Å². The molecule has 21 heavy (non-hydrogen) atoms. The van der Waals surface area contributed by atoms with E-state index in [0.29, 0.717) is 5.69 Å². The zero-order chi connectivity index (χ0) is 15.0. The number of sulfone groups is 1. The maximum atomic E-state index is 12.5. The summed E-state index contributed by atoms with van der Waals surface area (Å²) in [6.07, 6.45) is 1.78. The molecule has 2 heterocycles. The second-order valence-electron chi connectivity index (χ2n) is 4.87. The Morgan fingerprint density at radius 1 is 1.29 bits per heavy atom. The Balaban J connectivity index is 1.95. The lowest BCUT2D eigenvalue weighted by Gasteiger charge is -1.97. The molecule has 0 aliphatic heterocycles. The van der Waals surface area contributed by atoms with Crippen molar-refractivity contribution in [2.24, 2.45) is 0 Å². The summed E-state index contributed by atoms with van der Waals surface area (Å²) in [4.78, 5) is 4.26. The highest BCUT2D eigenvalue weighted by atomic mass is 32.2. The van der Waals surface area contributed by atoms with Crippen LogP contribution >= 0.6 is 11.3 Å². The molecule has 0 amide bonds. The number of fused-ring (bicyclic) bond motifs is 1. The Hall–Kier alpha value is -1.73. The SMILES string of the molecule is CCn1ccc(CS(=O)(=O)c2nc3cc(C)ccc3s2)n1. The Kier molecular flexibility index (Phi) is 3.54. The fourth-order valence-corrected chi connectivity index (χ4v) is 4.60. The van der Waals surface area contributed by atoms with Crippen LogP contribution in [0.5, 0.6) is 0 Å². The van der Waals surface area contributed by atoms with Gasteiger partial charge in [0.25, 0.3) is 0 Å². The third kappa shape index (κ3) is 2.84. The monoisotopic (exact) mass is 321 g/mol. The summed E-state index contributed by atoms with van der Waals surface area (Å²) in [6.45, 7) is 4.64. The maximum Gasteiger partial charge on any atom is 0.211 e. The first kappa shape index (κ1) is 14.2. The zero-order valence-electron chi connectivity index (χ0n) is 11.8. The van der Waals surface area contributed by atoms with Gasteiger partial charge in [0.2, 0.25) is 14.2 Å². The Morgan fingerprint density at radius 2 is 2.10 bits per heavy atom. The Bertz CT molecular complexity index is 894. The van der Waals surface area contributed by atoms with E-state index in [9.17, 15) is 8.42 Å². The second kappa shape index (κ2) is 5.23. The molecule has 1 aromatic carbocycles. The quantitative estimate of drug-likeness (QED) is 0.741. The summed E-state index contributed by atoms with van der Waals surface area (Å²) in [5, 5.41) is 4.22. The number of benzene rings is 1. The predicted molar refractivity (Wildman–Crippen MR) is 83.1 cm³/mol. The Morgan fingerprint density at radius 3 is 2.81 bits per heavy atom. The lowest BCUT2D eigenvalue weighted by molar-refractivity contribution is 0.592. The van der Waals surface area contributed by atoms with Gasteiger partial charge in [-0.25, -0.2) is 13.4 Å². The van der Waals surface area contributed by atoms with Crippen molar-refractivity contribution in [1.29, 1.82) is 0 Å². The molecule has 110 valence electrons. The minimum Gasteiger partial charge on any atom is -0.273 e. The van der Waals surface area contributed by atoms with Crippen LogP contribution < -0.4 is 0 Å². The molecule has 0 saturated heterocycles. The van der Waals surface area contributed by atoms with Gasteiger partial charge in [0.05, 0.1) is 15.9 Å². The molecule has 3 aromatic rings. The summed E-state index contributed by atoms with van der Waals surface area (Å²) in [7, 11) is -3.45. The smallest absolute Gasteiger partial charge is 0.211 e. The van der Waals surface area contributed by atoms with Crippen LogP contribution in [0.3, 0.4) is 0 Å². The van der Waals surface area contributed by atoms with E-state index in [4.69, 9.17) is 0 Å². The van der Waals surface area contributed by atoms with Crippen LogP contribution in [0, 0.1) is 6.92 Å². The van der Waals surface area contributed by atoms with E-state index in [1.54, 1.807) is 16.9 Å². The summed E-state index contributed by atoms with van der Waals surface area (Å²) in [5.41, 5.74) is 2.35. The van der Waals surface area contributed by atoms with E-state index >= 15 is 0 Å². The second-order valence-corrected chi connectivity index (χ2v) is 8.07. The maximum absolute atomic E-state index is 12.5. The zero-order valence-corrected chi connectivity index (χ0v) is 13.4. The van der Waals surface area contributed by atoms with Gasteiger partial charge in [-0.2, -0.15) is 5.10 Å². The van der Waals surface area contributed by atoms with Crippen molar-refractivity contribution in [2.45, 2.75) is 30.5 Å². The van der Waals surface area contributed by atoms with Crippen LogP contribution in [-0.2, 0) is 22.1 Å². The molecule has 0 radical (unpaired) electrons. The highest BCUT2D eigenvalue weighted by Crippen LogP contribution is 2.28. The van der Waals surface area contributed by atoms with E-state index in [0.717, 1.165) is 22.3 Å². The highest BCUT2D eigenvalue weighted by Gasteiger charge is 2.21. The molecule has 0 aliphatic carbocycles. The normalized spacial score (nSPS) is 12.1. The van der Waals surface area contributed by atoms with Crippen LogP contribution in [0.1, 0.15) is 18.2 Å². The topological polar surface area (TPSA) is 64.8 Å². The Labute approximate surface area is 127 Å². The molecular formula is C14H15N3O2S2. The average Bonchev–Trinajstić information content (AvgIpc) is 3.04. The average molecular weight is 321 g/mol. The molecular weight excluding hydrogens is 306 g/mol. The van der Waals surface area contributed by atoms with Crippen LogP contribution in [-0.4, -0.2) is 23.2 Å². The van der Waals surface area contributed by atoms with E-state index in [-0.39, 0.29) is 10.1 Å². The number of aryl methyl sites for hydroxylation is 2. The van der Waals surface area contributed by atoms with Crippen molar-refractivity contribution in [2.75, 3.05) is 0 Å². The van der Waals surface area contributed by atoms with Crippen molar-refractivity contribution < 1.29 is 8.42 Å². The fourth-order valence-electron chi connectivity index (χ4n) is 2.06. The van der Waals surface area contributed by atoms with Crippen LogP contribution in [0.25, 0.3) is 10.2 Å². The molecule has 2 aromatic heterocycles. The third-order valence-corrected chi connectivity index (χ3v) is 6.29. The first-order valence-electron chi connectivity index (χ1n) is 6.60. The van der Waals surface area contributed by atoms with Crippen molar-refractivity contribution in [3.05, 3.63) is 41.7 Å². The van der Waals surface area contributed by atoms with Gasteiger partial charge in [-0.3, -0.25) is 4.68 Å². The minimum absolute atomic E-state index is 0.112. The van der Waals surface area contributed by atoms with E-state index in [1.165, 1.54) is 11.3 Å². The molecule has 7 heteroatoms. The van der Waals surface area contributed by atoms with Gasteiger partial charge in [-0.15, -0.1) is 11.3 Å². The molecule has 3 rings (SSSR count). The third-order valence-electron chi connectivity index (χ3n) is 3.15. The number of hydrogen-bond donors (Lipinski definition) is 0. The molecule has 0 N–H and O–H groups in total. The number of hydrogen-bond acceptors (Lipinski definition) is 5. The number of nitrogens with zero attached hydrogens (tertiary/aromatic N) is 3. The van der Waals surface area contributed by atoms with Crippen LogP contribution in [0.4, 0.5) is 0 Å². The van der Waals surface area contributed by atoms with E-state index in [1.807, 2.05) is 32.0 Å². The highest BCUT2D eigenvalue weighted by molar-refractivity contribution is 7.92. The standard InChI is InChI=1S/C14H15N3O2S2/c1-3-17-7-6-11(16-17)9-21(18,19)14-15-12-8-10(2)4-5-13(12)20-14/h4-8H,3,9H2,1-2H3. The van der Waals surface area contributed by atoms with E-state index < -0.39 is 9.84 Å². The molecule has 0 bridgehead atoms. The van der Waals surface area contributed by atoms with Crippen LogP contribution in [0.15, 0.2) is 34.8 Å². The predicted octanol–water partition coefficient (Wildman–Crippen LogP) is 2.80. The number of rotatable bonds is 4. The van der Waals surface area contributed by atoms with Crippen LogP contribution in [0.2, 0.25) is 0 Å². The largest absolute Gasteiger partial charge is 0.273 e. The molecule has 0 fully saturated rings. The lowest BCUT2D eigenvalue weighted by atomic mass is 10.2. The summed E-state index contributed by atoms with van der Waals surface area (Å²) < 4.78 is 27.7. The first-order valence-corrected chi connectivity index (χ1v) is 9.07. The summed E-state index contributed by atoms with van der Waals surface area (Å²) >= 11 is 1.21. The fraction of sp³-hybridized carbons (Fsp3) is 0.286. The molecule has 0 unspecified atom stereocenters. The van der Waals surface area contributed by atoms with Gasteiger partial charge in [0.1, 0.15) is 5.75 Å². The molecule has 5 nitrogen and oxygen atoms in total. The summed E-state index contributed by atoms with van der Waals surface area (Å²) in [5.74, 6) is -0.112. The lowest BCUT2D eigenvalue weighted by Crippen LogP contribution is -2.06. The number of thiazole rings is 1. The molecule has 0 aliphatic rings. The van der Waals surface area contributed by atoms with Gasteiger partial charge >= 0.3 is 0 Å². The minimum atomic E-state index is -3.45. The van der Waals surface area contributed by atoms with Gasteiger partial charge in [-0.1, -0.05) is 6.07 Å². The number of aromatic nitrogens is 3. The first-order chi connectivity index (χ1) is 9.98. The van der Waals surface area contributed by atoms with Gasteiger partial charge in [-0.05, 0) is 37.6 Å². The van der Waals surface area contributed by atoms with Crippen molar-refractivity contribution >= 4 is 31.4 Å². The molecule has 0 spiro atoms. The van der Waals surface area contributed by atoms with Gasteiger partial charge < -0.3 is 0 Å². The molecule has 0 saturated carbocycles. The molecule has 0 atom stereocenters. The summed E-state index contributed by atoms with van der Waals surface area (Å²) in [6, 6.07) is 7.50. The van der Waals surface area contributed by atoms with Crippen molar-refractivity contribution in [3.8, 4) is 0 Å².